The lowest BCUT2D eigenvalue weighted by atomic mass is 10.2. The van der Waals surface area contributed by atoms with Gasteiger partial charge in [0.25, 0.3) is 5.91 Å². The summed E-state index contributed by atoms with van der Waals surface area (Å²) in [5.41, 5.74) is 1.16. The highest BCUT2D eigenvalue weighted by Crippen LogP contribution is 2.12. The zero-order chi connectivity index (χ0) is 18.4. The van der Waals surface area contributed by atoms with Gasteiger partial charge in [-0.05, 0) is 45.0 Å². The fourth-order valence-electron chi connectivity index (χ4n) is 3.49. The first kappa shape index (κ1) is 18.7. The Morgan fingerprint density at radius 3 is 2.08 bits per heavy atom. The number of hydrogen-bond acceptors (Lipinski definition) is 4. The van der Waals surface area contributed by atoms with Crippen LogP contribution in [0.25, 0.3) is 0 Å². The summed E-state index contributed by atoms with van der Waals surface area (Å²) in [5.74, 6) is 0.898. The van der Waals surface area contributed by atoms with E-state index in [1.807, 2.05) is 36.1 Å². The summed E-state index contributed by atoms with van der Waals surface area (Å²) < 4.78 is 5.57. The van der Waals surface area contributed by atoms with Crippen molar-refractivity contribution in [1.82, 2.24) is 14.7 Å². The van der Waals surface area contributed by atoms with Gasteiger partial charge in [-0.2, -0.15) is 0 Å². The van der Waals surface area contributed by atoms with Crippen LogP contribution in [0.4, 0.5) is 0 Å². The van der Waals surface area contributed by atoms with E-state index < -0.39 is 0 Å². The molecule has 2 amide bonds. The van der Waals surface area contributed by atoms with Crippen molar-refractivity contribution in [2.24, 2.45) is 0 Å². The molecule has 0 N–H and O–H groups in total. The van der Waals surface area contributed by atoms with E-state index in [9.17, 15) is 9.59 Å². The number of aryl methyl sites for hydroxylation is 1. The highest BCUT2D eigenvalue weighted by atomic mass is 16.5. The third-order valence-electron chi connectivity index (χ3n) is 5.21. The molecule has 1 aromatic carbocycles. The van der Waals surface area contributed by atoms with Gasteiger partial charge in [-0.25, -0.2) is 0 Å². The van der Waals surface area contributed by atoms with Crippen molar-refractivity contribution in [1.29, 1.82) is 0 Å². The van der Waals surface area contributed by atoms with Crippen LogP contribution in [0, 0.1) is 6.92 Å². The van der Waals surface area contributed by atoms with Crippen molar-refractivity contribution in [3.63, 3.8) is 0 Å². The molecule has 2 aliphatic heterocycles. The first-order valence-corrected chi connectivity index (χ1v) is 9.59. The van der Waals surface area contributed by atoms with Crippen molar-refractivity contribution in [2.45, 2.75) is 26.2 Å². The quantitative estimate of drug-likeness (QED) is 0.773. The molecule has 142 valence electrons. The predicted molar refractivity (Wildman–Crippen MR) is 100 cm³/mol. The Balaban J connectivity index is 1.36. The lowest BCUT2D eigenvalue weighted by molar-refractivity contribution is -0.140. The van der Waals surface area contributed by atoms with Gasteiger partial charge in [-0.1, -0.05) is 17.7 Å². The van der Waals surface area contributed by atoms with Crippen molar-refractivity contribution < 1.29 is 14.3 Å². The van der Waals surface area contributed by atoms with Gasteiger partial charge in [-0.3, -0.25) is 9.59 Å². The van der Waals surface area contributed by atoms with E-state index in [-0.39, 0.29) is 18.4 Å². The average Bonchev–Trinajstić information content (AvgIpc) is 3.19. The summed E-state index contributed by atoms with van der Waals surface area (Å²) >= 11 is 0. The number of carbonyl (C=O) groups excluding carboxylic acids is 2. The molecule has 2 aliphatic rings. The third kappa shape index (κ3) is 5.21. The molecule has 0 aliphatic carbocycles. The molecule has 6 nitrogen and oxygen atoms in total. The maximum absolute atomic E-state index is 12.3. The largest absolute Gasteiger partial charge is 0.484 e. The molecule has 2 fully saturated rings. The molecule has 0 radical (unpaired) electrons. The Labute approximate surface area is 155 Å². The summed E-state index contributed by atoms with van der Waals surface area (Å²) in [7, 11) is 0. The number of likely N-dealkylation sites (tertiary alicyclic amines) is 1. The van der Waals surface area contributed by atoms with Crippen LogP contribution in [-0.2, 0) is 9.59 Å². The molecular weight excluding hydrogens is 330 g/mol. The number of benzene rings is 1. The van der Waals surface area contributed by atoms with Gasteiger partial charge in [0.15, 0.2) is 6.61 Å². The van der Waals surface area contributed by atoms with Crippen LogP contribution in [0.3, 0.4) is 0 Å². The Bertz CT molecular complexity index is 603. The second-order valence-corrected chi connectivity index (χ2v) is 7.16. The van der Waals surface area contributed by atoms with Crippen LogP contribution in [0.1, 0.15) is 24.8 Å². The summed E-state index contributed by atoms with van der Waals surface area (Å²) in [5, 5.41) is 0. The van der Waals surface area contributed by atoms with E-state index >= 15 is 0 Å². The lowest BCUT2D eigenvalue weighted by Crippen LogP contribution is -2.52. The summed E-state index contributed by atoms with van der Waals surface area (Å²) in [6.45, 7) is 7.59. The van der Waals surface area contributed by atoms with Gasteiger partial charge in [0.2, 0.25) is 5.91 Å². The number of nitrogens with zero attached hydrogens (tertiary/aromatic N) is 3. The highest BCUT2D eigenvalue weighted by molar-refractivity contribution is 5.79. The van der Waals surface area contributed by atoms with E-state index in [4.69, 9.17) is 4.74 Å². The van der Waals surface area contributed by atoms with E-state index in [1.54, 1.807) is 4.90 Å². The Morgan fingerprint density at radius 1 is 0.885 bits per heavy atom. The van der Waals surface area contributed by atoms with Gasteiger partial charge in [0.1, 0.15) is 5.75 Å². The fraction of sp³-hybridized carbons (Fsp3) is 0.600. The fourth-order valence-corrected chi connectivity index (χ4v) is 3.49. The minimum absolute atomic E-state index is 0.0188. The second-order valence-electron chi connectivity index (χ2n) is 7.16. The molecule has 0 aromatic heterocycles. The van der Waals surface area contributed by atoms with Gasteiger partial charge in [-0.15, -0.1) is 0 Å². The summed E-state index contributed by atoms with van der Waals surface area (Å²) in [6.07, 6.45) is 3.09. The molecule has 0 atom stereocenters. The van der Waals surface area contributed by atoms with Gasteiger partial charge >= 0.3 is 0 Å². The highest BCUT2D eigenvalue weighted by Gasteiger charge is 2.24. The van der Waals surface area contributed by atoms with Crippen molar-refractivity contribution in [3.8, 4) is 5.75 Å². The summed E-state index contributed by atoms with van der Waals surface area (Å²) in [6, 6.07) is 7.68. The molecule has 0 bridgehead atoms. The molecule has 26 heavy (non-hydrogen) atoms. The third-order valence-corrected chi connectivity index (χ3v) is 5.21. The van der Waals surface area contributed by atoms with Gasteiger partial charge < -0.3 is 19.4 Å². The monoisotopic (exact) mass is 359 g/mol. The number of amides is 2. The van der Waals surface area contributed by atoms with Crippen LogP contribution in [0.5, 0.6) is 5.75 Å². The second kappa shape index (κ2) is 9.03. The lowest BCUT2D eigenvalue weighted by Gasteiger charge is -2.35. The predicted octanol–water partition coefficient (Wildman–Crippen LogP) is 1.53. The van der Waals surface area contributed by atoms with Crippen LogP contribution >= 0.6 is 0 Å². The summed E-state index contributed by atoms with van der Waals surface area (Å²) in [4.78, 5) is 30.7. The Kier molecular flexibility index (Phi) is 6.50. The van der Waals surface area contributed by atoms with Crippen molar-refractivity contribution >= 4 is 11.8 Å². The number of ether oxygens (including phenoxy) is 1. The topological polar surface area (TPSA) is 53.1 Å². The normalized spacial score (nSPS) is 18.2. The molecule has 0 unspecified atom stereocenters. The minimum Gasteiger partial charge on any atom is -0.484 e. The van der Waals surface area contributed by atoms with Gasteiger partial charge in [0, 0.05) is 39.1 Å². The van der Waals surface area contributed by atoms with Crippen LogP contribution in [0.2, 0.25) is 0 Å². The molecule has 3 rings (SSSR count). The van der Waals surface area contributed by atoms with Crippen LogP contribution in [0.15, 0.2) is 24.3 Å². The smallest absolute Gasteiger partial charge is 0.260 e. The molecule has 2 saturated heterocycles. The first-order chi connectivity index (χ1) is 12.6. The maximum atomic E-state index is 12.3. The van der Waals surface area contributed by atoms with Gasteiger partial charge in [0.05, 0.1) is 0 Å². The van der Waals surface area contributed by atoms with E-state index in [0.29, 0.717) is 38.3 Å². The number of carbonyl (C=O) groups is 2. The van der Waals surface area contributed by atoms with Crippen LogP contribution in [-0.4, -0.2) is 78.9 Å². The molecule has 2 heterocycles. The van der Waals surface area contributed by atoms with Crippen molar-refractivity contribution in [3.05, 3.63) is 29.8 Å². The van der Waals surface area contributed by atoms with E-state index in [2.05, 4.69) is 4.90 Å². The SMILES string of the molecule is Cc1ccc(OCC(=O)N2CCN(C(=O)CCN3CCCC3)CC2)cc1. The zero-order valence-electron chi connectivity index (χ0n) is 15.7. The number of hydrogen-bond donors (Lipinski definition) is 0. The molecule has 0 saturated carbocycles. The zero-order valence-corrected chi connectivity index (χ0v) is 15.7. The van der Waals surface area contributed by atoms with Crippen molar-refractivity contribution in [2.75, 3.05) is 52.4 Å². The van der Waals surface area contributed by atoms with E-state index in [0.717, 1.165) is 25.2 Å². The molecule has 0 spiro atoms. The molecule has 1 aromatic rings. The maximum Gasteiger partial charge on any atom is 0.260 e. The average molecular weight is 359 g/mol. The number of piperazine rings is 1. The minimum atomic E-state index is -0.0188. The molecular formula is C20H29N3O3. The van der Waals surface area contributed by atoms with Crippen LogP contribution < -0.4 is 4.74 Å². The number of rotatable bonds is 6. The molecule has 6 heteroatoms. The standard InChI is InChI=1S/C20H29N3O3/c1-17-4-6-18(7-5-17)26-16-20(25)23-14-12-22(13-15-23)19(24)8-11-21-9-2-3-10-21/h4-7H,2-3,8-16H2,1H3. The van der Waals surface area contributed by atoms with E-state index in [1.165, 1.54) is 12.8 Å². The first-order valence-electron chi connectivity index (χ1n) is 9.59. The Morgan fingerprint density at radius 2 is 1.46 bits per heavy atom. The Hall–Kier alpha value is -2.08.